The number of carbonyl (C=O) groups excluding carboxylic acids is 2. The fourth-order valence-electron chi connectivity index (χ4n) is 4.33. The van der Waals surface area contributed by atoms with E-state index in [1.807, 2.05) is 30.3 Å². The molecular formula is C26H26N2O5. The summed E-state index contributed by atoms with van der Waals surface area (Å²) in [4.78, 5) is 31.3. The molecule has 0 spiro atoms. The molecule has 1 N–H and O–H groups in total. The van der Waals surface area contributed by atoms with Gasteiger partial charge in [-0.1, -0.05) is 30.3 Å². The van der Waals surface area contributed by atoms with Gasteiger partial charge in [-0.25, -0.2) is 9.79 Å². The molecule has 0 saturated carbocycles. The lowest BCUT2D eigenvalue weighted by Crippen LogP contribution is -2.42. The fourth-order valence-corrected chi connectivity index (χ4v) is 4.33. The molecule has 2 aliphatic heterocycles. The predicted octanol–water partition coefficient (Wildman–Crippen LogP) is 3.87. The number of allylic oxidation sites excluding steroid dienone is 2. The van der Waals surface area contributed by atoms with E-state index < -0.39 is 17.8 Å². The predicted molar refractivity (Wildman–Crippen MR) is 125 cm³/mol. The zero-order valence-corrected chi connectivity index (χ0v) is 19.0. The normalized spacial score (nSPS) is 20.8. The van der Waals surface area contributed by atoms with Gasteiger partial charge in [0.05, 0.1) is 32.3 Å². The van der Waals surface area contributed by atoms with E-state index in [1.54, 1.807) is 52.3 Å². The van der Waals surface area contributed by atoms with Crippen molar-refractivity contribution in [1.82, 2.24) is 5.32 Å². The Morgan fingerprint density at radius 3 is 2.52 bits per heavy atom. The zero-order valence-electron chi connectivity index (χ0n) is 19.0. The number of esters is 1. The summed E-state index contributed by atoms with van der Waals surface area (Å²) >= 11 is 0. The van der Waals surface area contributed by atoms with E-state index in [9.17, 15) is 9.59 Å². The van der Waals surface area contributed by atoms with Crippen molar-refractivity contribution < 1.29 is 23.8 Å². The third kappa shape index (κ3) is 4.14. The van der Waals surface area contributed by atoms with Crippen LogP contribution in [-0.4, -0.2) is 38.4 Å². The molecule has 0 aliphatic carbocycles. The molecule has 2 atom stereocenters. The SMILES string of the molecule is CCOC(=O)C1=C(C)NC2=N/C(=C\c3ccccc3)C(=O)C2C1c1cc(OC)ccc1OC. The topological polar surface area (TPSA) is 86.2 Å². The number of aliphatic imine (C=N–C) groups is 1. The van der Waals surface area contributed by atoms with Crippen LogP contribution in [0.5, 0.6) is 11.5 Å². The van der Waals surface area contributed by atoms with Gasteiger partial charge in [-0.2, -0.15) is 0 Å². The summed E-state index contributed by atoms with van der Waals surface area (Å²) < 4.78 is 16.4. The first-order valence-corrected chi connectivity index (χ1v) is 10.7. The van der Waals surface area contributed by atoms with Gasteiger partial charge in [0.1, 0.15) is 23.0 Å². The molecule has 2 aromatic rings. The Kier molecular flexibility index (Phi) is 6.31. The van der Waals surface area contributed by atoms with Crippen molar-refractivity contribution in [2.24, 2.45) is 10.9 Å². The van der Waals surface area contributed by atoms with Crippen LogP contribution in [0.15, 0.2) is 70.5 Å². The highest BCUT2D eigenvalue weighted by molar-refractivity contribution is 6.21. The van der Waals surface area contributed by atoms with Crippen molar-refractivity contribution in [2.75, 3.05) is 20.8 Å². The van der Waals surface area contributed by atoms with Crippen molar-refractivity contribution >= 4 is 23.7 Å². The first-order valence-electron chi connectivity index (χ1n) is 10.7. The second kappa shape index (κ2) is 9.32. The van der Waals surface area contributed by atoms with Crippen molar-refractivity contribution in [1.29, 1.82) is 0 Å². The number of Topliss-reactive ketones (excluding diaryl/α,β-unsaturated/α-hetero) is 1. The van der Waals surface area contributed by atoms with E-state index in [4.69, 9.17) is 14.2 Å². The quantitative estimate of drug-likeness (QED) is 0.536. The smallest absolute Gasteiger partial charge is 0.336 e. The third-order valence-corrected chi connectivity index (χ3v) is 5.80. The number of rotatable bonds is 6. The van der Waals surface area contributed by atoms with Crippen molar-refractivity contribution in [3.05, 3.63) is 76.6 Å². The minimum Gasteiger partial charge on any atom is -0.497 e. The highest BCUT2D eigenvalue weighted by atomic mass is 16.5. The highest BCUT2D eigenvalue weighted by Gasteiger charge is 2.48. The molecule has 170 valence electrons. The number of carbonyl (C=O) groups is 2. The van der Waals surface area contributed by atoms with Crippen LogP contribution in [0, 0.1) is 5.92 Å². The molecule has 7 nitrogen and oxygen atoms in total. The Balaban J connectivity index is 1.88. The third-order valence-electron chi connectivity index (χ3n) is 5.80. The Morgan fingerprint density at radius 1 is 1.09 bits per heavy atom. The fraction of sp³-hybridized carbons (Fsp3) is 0.269. The lowest BCUT2D eigenvalue weighted by molar-refractivity contribution is -0.139. The van der Waals surface area contributed by atoms with Crippen LogP contribution in [0.3, 0.4) is 0 Å². The Bertz CT molecular complexity index is 1180. The molecule has 0 radical (unpaired) electrons. The summed E-state index contributed by atoms with van der Waals surface area (Å²) in [5, 5.41) is 3.17. The summed E-state index contributed by atoms with van der Waals surface area (Å²) in [5.41, 5.74) is 2.83. The number of amidine groups is 1. The molecular weight excluding hydrogens is 420 g/mol. The second-order valence-corrected chi connectivity index (χ2v) is 7.75. The molecule has 2 heterocycles. The maximum absolute atomic E-state index is 13.6. The summed E-state index contributed by atoms with van der Waals surface area (Å²) in [5.74, 6) is -0.385. The maximum Gasteiger partial charge on any atom is 0.336 e. The standard InChI is InChI=1S/C26H26N2O5/c1-5-33-26(30)21-15(2)27-25-23(22(21)18-14-17(31-3)11-12-20(18)32-4)24(29)19(28-25)13-16-9-7-6-8-10-16/h6-14,22-23H,5H2,1-4H3,(H,27,28)/b19-13-. The number of nitrogens with zero attached hydrogens (tertiary/aromatic N) is 1. The van der Waals surface area contributed by atoms with Crippen LogP contribution >= 0.6 is 0 Å². The number of nitrogens with one attached hydrogen (secondary N) is 1. The van der Waals surface area contributed by atoms with Gasteiger partial charge in [0.25, 0.3) is 0 Å². The number of methoxy groups -OCH3 is 2. The Morgan fingerprint density at radius 2 is 1.85 bits per heavy atom. The van der Waals surface area contributed by atoms with Gasteiger partial charge in [0.15, 0.2) is 5.78 Å². The van der Waals surface area contributed by atoms with Crippen LogP contribution in [0.4, 0.5) is 0 Å². The molecule has 4 rings (SSSR count). The number of hydrogen-bond donors (Lipinski definition) is 1. The molecule has 0 fully saturated rings. The average molecular weight is 447 g/mol. The molecule has 0 aromatic heterocycles. The largest absolute Gasteiger partial charge is 0.497 e. The van der Waals surface area contributed by atoms with Gasteiger partial charge in [-0.15, -0.1) is 0 Å². The minimum atomic E-state index is -0.718. The first-order chi connectivity index (χ1) is 16.0. The Hall–Kier alpha value is -3.87. The first kappa shape index (κ1) is 22.3. The van der Waals surface area contributed by atoms with Crippen LogP contribution < -0.4 is 14.8 Å². The molecule has 2 aromatic carbocycles. The number of ketones is 1. The van der Waals surface area contributed by atoms with Crippen LogP contribution in [0.25, 0.3) is 6.08 Å². The van der Waals surface area contributed by atoms with E-state index >= 15 is 0 Å². The van der Waals surface area contributed by atoms with E-state index in [2.05, 4.69) is 10.3 Å². The maximum atomic E-state index is 13.6. The molecule has 0 amide bonds. The van der Waals surface area contributed by atoms with E-state index in [0.717, 1.165) is 5.56 Å². The van der Waals surface area contributed by atoms with Gasteiger partial charge in [-0.05, 0) is 43.7 Å². The lowest BCUT2D eigenvalue weighted by atomic mass is 9.74. The lowest BCUT2D eigenvalue weighted by Gasteiger charge is -2.33. The molecule has 2 aliphatic rings. The van der Waals surface area contributed by atoms with E-state index in [-0.39, 0.29) is 12.4 Å². The summed E-state index contributed by atoms with van der Waals surface area (Å²) in [6, 6.07) is 14.9. The van der Waals surface area contributed by atoms with Crippen molar-refractivity contribution in [2.45, 2.75) is 19.8 Å². The number of benzene rings is 2. The number of hydrogen-bond acceptors (Lipinski definition) is 7. The number of ether oxygens (including phenoxy) is 3. The van der Waals surface area contributed by atoms with Crippen molar-refractivity contribution in [3.63, 3.8) is 0 Å². The summed E-state index contributed by atoms with van der Waals surface area (Å²) in [7, 11) is 3.12. The highest BCUT2D eigenvalue weighted by Crippen LogP contribution is 2.46. The van der Waals surface area contributed by atoms with Gasteiger partial charge in [0.2, 0.25) is 0 Å². The number of fused-ring (bicyclic) bond motifs is 1. The Labute approximate surface area is 192 Å². The van der Waals surface area contributed by atoms with E-state index in [1.165, 1.54) is 0 Å². The van der Waals surface area contributed by atoms with Gasteiger partial charge in [-0.3, -0.25) is 4.79 Å². The monoisotopic (exact) mass is 446 g/mol. The summed E-state index contributed by atoms with van der Waals surface area (Å²) in [6.07, 6.45) is 1.76. The zero-order chi connectivity index (χ0) is 23.5. The van der Waals surface area contributed by atoms with Crippen LogP contribution in [0.1, 0.15) is 30.9 Å². The summed E-state index contributed by atoms with van der Waals surface area (Å²) in [6.45, 7) is 3.75. The minimum absolute atomic E-state index is 0.175. The average Bonchev–Trinajstić information content (AvgIpc) is 3.12. The molecule has 33 heavy (non-hydrogen) atoms. The molecule has 0 bridgehead atoms. The molecule has 7 heteroatoms. The second-order valence-electron chi connectivity index (χ2n) is 7.75. The molecule has 0 saturated heterocycles. The van der Waals surface area contributed by atoms with Crippen LogP contribution in [-0.2, 0) is 14.3 Å². The van der Waals surface area contributed by atoms with Crippen LogP contribution in [0.2, 0.25) is 0 Å². The van der Waals surface area contributed by atoms with Gasteiger partial charge in [0, 0.05) is 17.2 Å². The molecule has 2 unspecified atom stereocenters. The van der Waals surface area contributed by atoms with Gasteiger partial charge < -0.3 is 19.5 Å². The van der Waals surface area contributed by atoms with Crippen molar-refractivity contribution in [3.8, 4) is 11.5 Å². The van der Waals surface area contributed by atoms with Gasteiger partial charge >= 0.3 is 5.97 Å². The van der Waals surface area contributed by atoms with E-state index in [0.29, 0.717) is 39.9 Å².